The number of halogens is 1. The molecule has 2 N–H and O–H groups in total. The molecule has 0 aromatic heterocycles. The molecule has 0 saturated carbocycles. The van der Waals surface area contributed by atoms with Crippen LogP contribution < -0.4 is 10.6 Å². The molecule has 2 amide bonds. The number of hydrogen-bond donors (Lipinski definition) is 2. The number of benzene rings is 2. The van der Waals surface area contributed by atoms with Gasteiger partial charge in [-0.25, -0.2) is 8.42 Å². The van der Waals surface area contributed by atoms with Gasteiger partial charge in [0, 0.05) is 24.7 Å². The third-order valence-corrected chi connectivity index (χ3v) is 7.57. The van der Waals surface area contributed by atoms with E-state index in [0.717, 1.165) is 6.42 Å². The first-order valence-corrected chi connectivity index (χ1v) is 12.1. The molecule has 3 rings (SSSR count). The fourth-order valence-electron chi connectivity index (χ4n) is 3.16. The van der Waals surface area contributed by atoms with Crippen molar-refractivity contribution in [2.75, 3.05) is 31.6 Å². The fraction of sp³-hybridized carbons (Fsp3) is 0.364. The van der Waals surface area contributed by atoms with Gasteiger partial charge in [-0.3, -0.25) is 9.59 Å². The summed E-state index contributed by atoms with van der Waals surface area (Å²) in [5, 5.41) is 5.60. The highest BCUT2D eigenvalue weighted by Crippen LogP contribution is 2.27. The number of morpholine rings is 1. The maximum absolute atomic E-state index is 13.0. The molecular weight excluding hydrogens is 454 g/mol. The van der Waals surface area contributed by atoms with Gasteiger partial charge in [-0.15, -0.1) is 0 Å². The summed E-state index contributed by atoms with van der Waals surface area (Å²) in [6, 6.07) is 10.7. The molecule has 0 unspecified atom stereocenters. The smallest absolute Gasteiger partial charge is 0.255 e. The number of nitrogens with zero attached hydrogens (tertiary/aromatic N) is 1. The average molecular weight is 480 g/mol. The van der Waals surface area contributed by atoms with Crippen molar-refractivity contribution in [3.05, 3.63) is 58.6 Å². The standard InChI is InChI=1S/C22H26ClN3O5S/c1-3-15(2)24-22(28)17-6-4-5-7-19(17)25-21(27)16-8-9-18(23)20(14-16)32(29,30)26-10-12-31-13-11-26/h4-9,14-15H,3,10-13H2,1-2H3,(H,24,28)(H,25,27)/t15-/m0/s1. The second-order valence-corrected chi connectivity index (χ2v) is 9.76. The van der Waals surface area contributed by atoms with Crippen LogP contribution in [0.5, 0.6) is 0 Å². The summed E-state index contributed by atoms with van der Waals surface area (Å²) in [4.78, 5) is 25.4. The van der Waals surface area contributed by atoms with E-state index in [1.165, 1.54) is 22.5 Å². The van der Waals surface area contributed by atoms with E-state index >= 15 is 0 Å². The molecule has 1 aliphatic heterocycles. The molecule has 1 aliphatic rings. The van der Waals surface area contributed by atoms with E-state index in [1.807, 2.05) is 13.8 Å². The Labute approximate surface area is 192 Å². The van der Waals surface area contributed by atoms with Gasteiger partial charge < -0.3 is 15.4 Å². The topological polar surface area (TPSA) is 105 Å². The predicted octanol–water partition coefficient (Wildman–Crippen LogP) is 3.14. The third-order valence-electron chi connectivity index (χ3n) is 5.19. The Bertz CT molecular complexity index is 1100. The molecular formula is C22H26ClN3O5S. The molecule has 172 valence electrons. The van der Waals surface area contributed by atoms with Gasteiger partial charge in [0.15, 0.2) is 0 Å². The number of amides is 2. The van der Waals surface area contributed by atoms with Gasteiger partial charge in [-0.05, 0) is 43.7 Å². The molecule has 0 radical (unpaired) electrons. The van der Waals surface area contributed by atoms with Crippen molar-refractivity contribution < 1.29 is 22.7 Å². The van der Waals surface area contributed by atoms with Gasteiger partial charge >= 0.3 is 0 Å². The quantitative estimate of drug-likeness (QED) is 0.634. The number of carbonyl (C=O) groups excluding carboxylic acids is 2. The van der Waals surface area contributed by atoms with Gasteiger partial charge in [-0.2, -0.15) is 4.31 Å². The van der Waals surface area contributed by atoms with Gasteiger partial charge in [0.2, 0.25) is 10.0 Å². The number of para-hydroxylation sites is 1. The van der Waals surface area contributed by atoms with Crippen LogP contribution in [-0.4, -0.2) is 56.9 Å². The normalized spacial score (nSPS) is 15.7. The maximum atomic E-state index is 13.0. The van der Waals surface area contributed by atoms with E-state index in [1.54, 1.807) is 24.3 Å². The van der Waals surface area contributed by atoms with Crippen LogP contribution in [0.4, 0.5) is 5.69 Å². The molecule has 1 fully saturated rings. The van der Waals surface area contributed by atoms with E-state index in [0.29, 0.717) is 24.5 Å². The number of anilines is 1. The average Bonchev–Trinajstić information content (AvgIpc) is 2.80. The Hall–Kier alpha value is -2.46. The lowest BCUT2D eigenvalue weighted by Gasteiger charge is -2.26. The van der Waals surface area contributed by atoms with Gasteiger partial charge in [0.25, 0.3) is 11.8 Å². The van der Waals surface area contributed by atoms with Gasteiger partial charge in [0.1, 0.15) is 4.90 Å². The largest absolute Gasteiger partial charge is 0.379 e. The zero-order chi connectivity index (χ0) is 23.3. The molecule has 0 aliphatic carbocycles. The van der Waals surface area contributed by atoms with Crippen LogP contribution >= 0.6 is 11.6 Å². The Morgan fingerprint density at radius 3 is 2.50 bits per heavy atom. The van der Waals surface area contributed by atoms with Crippen molar-refractivity contribution in [3.8, 4) is 0 Å². The number of rotatable bonds is 7. The molecule has 0 spiro atoms. The second kappa shape index (κ2) is 10.4. The van der Waals surface area contributed by atoms with E-state index in [9.17, 15) is 18.0 Å². The van der Waals surface area contributed by atoms with Crippen LogP contribution in [0.25, 0.3) is 0 Å². The minimum atomic E-state index is -3.88. The first-order valence-electron chi connectivity index (χ1n) is 10.3. The summed E-state index contributed by atoms with van der Waals surface area (Å²) in [7, 11) is -3.88. The molecule has 1 atom stereocenters. The Kier molecular flexibility index (Phi) is 7.89. The number of sulfonamides is 1. The van der Waals surface area contributed by atoms with Crippen LogP contribution in [0.1, 0.15) is 41.0 Å². The summed E-state index contributed by atoms with van der Waals surface area (Å²) < 4.78 is 32.5. The van der Waals surface area contributed by atoms with E-state index in [4.69, 9.17) is 16.3 Å². The zero-order valence-corrected chi connectivity index (χ0v) is 19.5. The molecule has 1 heterocycles. The highest BCUT2D eigenvalue weighted by molar-refractivity contribution is 7.89. The maximum Gasteiger partial charge on any atom is 0.255 e. The van der Waals surface area contributed by atoms with Crippen molar-refractivity contribution in [3.63, 3.8) is 0 Å². The number of carbonyl (C=O) groups is 2. The summed E-state index contributed by atoms with van der Waals surface area (Å²) in [6.45, 7) is 4.88. The van der Waals surface area contributed by atoms with Gasteiger partial charge in [0.05, 0.1) is 29.5 Å². The molecule has 8 nitrogen and oxygen atoms in total. The summed E-state index contributed by atoms with van der Waals surface area (Å²) in [5.74, 6) is -0.856. The number of hydrogen-bond acceptors (Lipinski definition) is 5. The minimum absolute atomic E-state index is 0.0181. The van der Waals surface area contributed by atoms with Crippen molar-refractivity contribution in [2.24, 2.45) is 0 Å². The third kappa shape index (κ3) is 5.47. The minimum Gasteiger partial charge on any atom is -0.379 e. The highest BCUT2D eigenvalue weighted by atomic mass is 35.5. The van der Waals surface area contributed by atoms with Crippen LogP contribution in [0.15, 0.2) is 47.4 Å². The van der Waals surface area contributed by atoms with Crippen LogP contribution in [0.2, 0.25) is 5.02 Å². The lowest BCUT2D eigenvalue weighted by molar-refractivity contribution is 0.0730. The molecule has 10 heteroatoms. The lowest BCUT2D eigenvalue weighted by atomic mass is 10.1. The summed E-state index contributed by atoms with van der Waals surface area (Å²) in [5.41, 5.74) is 0.750. The first kappa shape index (κ1) is 24.2. The summed E-state index contributed by atoms with van der Waals surface area (Å²) >= 11 is 6.17. The number of nitrogens with one attached hydrogen (secondary N) is 2. The molecule has 32 heavy (non-hydrogen) atoms. The number of ether oxygens (including phenoxy) is 1. The fourth-order valence-corrected chi connectivity index (χ4v) is 5.06. The van der Waals surface area contributed by atoms with Crippen molar-refractivity contribution in [1.29, 1.82) is 0 Å². The predicted molar refractivity (Wildman–Crippen MR) is 123 cm³/mol. The monoisotopic (exact) mass is 479 g/mol. The molecule has 0 bridgehead atoms. The summed E-state index contributed by atoms with van der Waals surface area (Å²) in [6.07, 6.45) is 0.769. The Balaban J connectivity index is 1.86. The SMILES string of the molecule is CC[C@H](C)NC(=O)c1ccccc1NC(=O)c1ccc(Cl)c(S(=O)(=O)N2CCOCC2)c1. The molecule has 1 saturated heterocycles. The van der Waals surface area contributed by atoms with Crippen LogP contribution in [0, 0.1) is 0 Å². The van der Waals surface area contributed by atoms with Crippen molar-refractivity contribution in [1.82, 2.24) is 9.62 Å². The Morgan fingerprint density at radius 2 is 1.81 bits per heavy atom. The Morgan fingerprint density at radius 1 is 1.12 bits per heavy atom. The van der Waals surface area contributed by atoms with Crippen molar-refractivity contribution >= 4 is 39.1 Å². The lowest BCUT2D eigenvalue weighted by Crippen LogP contribution is -2.40. The van der Waals surface area contributed by atoms with Crippen molar-refractivity contribution in [2.45, 2.75) is 31.2 Å². The second-order valence-electron chi connectivity index (χ2n) is 7.44. The molecule has 2 aromatic carbocycles. The van der Waals surface area contributed by atoms with E-state index in [2.05, 4.69) is 10.6 Å². The first-order chi connectivity index (χ1) is 15.2. The van der Waals surface area contributed by atoms with E-state index < -0.39 is 15.9 Å². The van der Waals surface area contributed by atoms with Gasteiger partial charge in [-0.1, -0.05) is 30.7 Å². The highest BCUT2D eigenvalue weighted by Gasteiger charge is 2.29. The molecule has 2 aromatic rings. The van der Waals surface area contributed by atoms with Crippen LogP contribution in [-0.2, 0) is 14.8 Å². The van der Waals surface area contributed by atoms with Crippen LogP contribution in [0.3, 0.4) is 0 Å². The van der Waals surface area contributed by atoms with E-state index in [-0.39, 0.29) is 40.5 Å². The zero-order valence-electron chi connectivity index (χ0n) is 17.9.